The van der Waals surface area contributed by atoms with Crippen molar-refractivity contribution >= 4 is 11.6 Å². The number of nitrogens with two attached hydrogens (primary N) is 1. The lowest BCUT2D eigenvalue weighted by Gasteiger charge is -1.99. The van der Waals surface area contributed by atoms with Crippen molar-refractivity contribution in [3.05, 3.63) is 17.6 Å². The van der Waals surface area contributed by atoms with Crippen molar-refractivity contribution in [3.8, 4) is 0 Å². The van der Waals surface area contributed by atoms with Crippen LogP contribution in [0.4, 0.5) is 5.82 Å². The summed E-state index contributed by atoms with van der Waals surface area (Å²) in [4.78, 5) is 8.40. The first-order valence-electron chi connectivity index (χ1n) is 4.56. The molecule has 6 heteroatoms. The van der Waals surface area contributed by atoms with Gasteiger partial charge in [-0.1, -0.05) is 0 Å². The summed E-state index contributed by atoms with van der Waals surface area (Å²) in [6, 6.07) is 0. The van der Waals surface area contributed by atoms with Gasteiger partial charge in [0.2, 0.25) is 0 Å². The molecule has 1 aliphatic heterocycles. The van der Waals surface area contributed by atoms with E-state index in [1.807, 2.05) is 6.20 Å². The number of fused-ring (bicyclic) bond motifs is 3. The molecule has 2 aromatic rings. The predicted molar refractivity (Wildman–Crippen MR) is 50.9 cm³/mol. The molecule has 0 bridgehead atoms. The zero-order valence-electron chi connectivity index (χ0n) is 7.56. The molecule has 6 nitrogen and oxygen atoms in total. The quantitative estimate of drug-likeness (QED) is 0.636. The molecule has 0 unspecified atom stereocenters. The third kappa shape index (κ3) is 0.912. The lowest BCUT2D eigenvalue weighted by atomic mass is 10.3. The zero-order valence-corrected chi connectivity index (χ0v) is 7.56. The summed E-state index contributed by atoms with van der Waals surface area (Å²) in [5.74, 6) is 2.24. The summed E-state index contributed by atoms with van der Waals surface area (Å²) >= 11 is 0. The number of rotatable bonds is 1. The van der Waals surface area contributed by atoms with Gasteiger partial charge in [0, 0.05) is 18.3 Å². The SMILES string of the molecule is NCc1nc2ncc3c(n2n1)NCC3. The van der Waals surface area contributed by atoms with Gasteiger partial charge in [-0.15, -0.1) is 5.10 Å². The highest BCUT2D eigenvalue weighted by molar-refractivity contribution is 5.53. The number of aromatic nitrogens is 4. The van der Waals surface area contributed by atoms with Crippen LogP contribution in [0.5, 0.6) is 0 Å². The first kappa shape index (κ1) is 7.69. The molecule has 0 aromatic carbocycles. The summed E-state index contributed by atoms with van der Waals surface area (Å²) < 4.78 is 1.73. The van der Waals surface area contributed by atoms with Crippen LogP contribution < -0.4 is 11.1 Å². The average Bonchev–Trinajstić information content (AvgIpc) is 2.82. The minimum Gasteiger partial charge on any atom is -0.369 e. The van der Waals surface area contributed by atoms with Gasteiger partial charge in [0.05, 0.1) is 6.54 Å². The van der Waals surface area contributed by atoms with Crippen LogP contribution in [0.1, 0.15) is 11.4 Å². The number of nitrogens with zero attached hydrogens (tertiary/aromatic N) is 4. The van der Waals surface area contributed by atoms with E-state index in [0.717, 1.165) is 18.8 Å². The predicted octanol–water partition coefficient (Wildman–Crippen LogP) is -0.449. The third-order valence-electron chi connectivity index (χ3n) is 2.36. The number of hydrogen-bond acceptors (Lipinski definition) is 5. The highest BCUT2D eigenvalue weighted by Gasteiger charge is 2.16. The maximum atomic E-state index is 5.47. The fourth-order valence-electron chi connectivity index (χ4n) is 1.69. The van der Waals surface area contributed by atoms with E-state index in [2.05, 4.69) is 20.4 Å². The Morgan fingerprint density at radius 1 is 1.57 bits per heavy atom. The van der Waals surface area contributed by atoms with E-state index in [4.69, 9.17) is 5.73 Å². The normalized spacial score (nSPS) is 14.4. The topological polar surface area (TPSA) is 81.1 Å². The Morgan fingerprint density at radius 2 is 2.50 bits per heavy atom. The van der Waals surface area contributed by atoms with Crippen molar-refractivity contribution < 1.29 is 0 Å². The maximum absolute atomic E-state index is 5.47. The van der Waals surface area contributed by atoms with Crippen LogP contribution >= 0.6 is 0 Å². The van der Waals surface area contributed by atoms with Gasteiger partial charge in [-0.05, 0) is 6.42 Å². The fourth-order valence-corrected chi connectivity index (χ4v) is 1.69. The van der Waals surface area contributed by atoms with Gasteiger partial charge in [0.25, 0.3) is 5.78 Å². The molecule has 0 fully saturated rings. The van der Waals surface area contributed by atoms with Crippen LogP contribution in [-0.4, -0.2) is 26.1 Å². The molecule has 0 atom stereocenters. The molecule has 1 aliphatic rings. The highest BCUT2D eigenvalue weighted by atomic mass is 15.4. The van der Waals surface area contributed by atoms with Crippen molar-refractivity contribution in [2.45, 2.75) is 13.0 Å². The summed E-state index contributed by atoms with van der Waals surface area (Å²) in [6.45, 7) is 1.28. The molecule has 0 saturated heterocycles. The van der Waals surface area contributed by atoms with E-state index >= 15 is 0 Å². The molecular weight excluding hydrogens is 180 g/mol. The molecule has 0 aliphatic carbocycles. The van der Waals surface area contributed by atoms with Gasteiger partial charge >= 0.3 is 0 Å². The lowest BCUT2D eigenvalue weighted by molar-refractivity contribution is 0.868. The van der Waals surface area contributed by atoms with E-state index in [9.17, 15) is 0 Å². The maximum Gasteiger partial charge on any atom is 0.254 e. The molecule has 0 spiro atoms. The second-order valence-corrected chi connectivity index (χ2v) is 3.25. The van der Waals surface area contributed by atoms with Crippen molar-refractivity contribution in [2.75, 3.05) is 11.9 Å². The van der Waals surface area contributed by atoms with Crippen LogP contribution in [0.25, 0.3) is 5.78 Å². The van der Waals surface area contributed by atoms with E-state index in [-0.39, 0.29) is 0 Å². The van der Waals surface area contributed by atoms with Gasteiger partial charge in [-0.2, -0.15) is 9.50 Å². The average molecular weight is 190 g/mol. The van der Waals surface area contributed by atoms with Crippen LogP contribution in [0, 0.1) is 0 Å². The van der Waals surface area contributed by atoms with Crippen LogP contribution in [0.3, 0.4) is 0 Å². The second kappa shape index (κ2) is 2.65. The van der Waals surface area contributed by atoms with Gasteiger partial charge < -0.3 is 11.1 Å². The van der Waals surface area contributed by atoms with Crippen LogP contribution in [0.15, 0.2) is 6.20 Å². The Balaban J connectivity index is 2.31. The first-order chi connectivity index (χ1) is 6.88. The lowest BCUT2D eigenvalue weighted by Crippen LogP contribution is -2.01. The van der Waals surface area contributed by atoms with Gasteiger partial charge in [-0.3, -0.25) is 0 Å². The van der Waals surface area contributed by atoms with Gasteiger partial charge in [-0.25, -0.2) is 4.98 Å². The van der Waals surface area contributed by atoms with Crippen molar-refractivity contribution in [1.29, 1.82) is 0 Å². The minimum atomic E-state index is 0.345. The van der Waals surface area contributed by atoms with Crippen molar-refractivity contribution in [3.63, 3.8) is 0 Å². The third-order valence-corrected chi connectivity index (χ3v) is 2.36. The highest BCUT2D eigenvalue weighted by Crippen LogP contribution is 2.20. The second-order valence-electron chi connectivity index (χ2n) is 3.25. The minimum absolute atomic E-state index is 0.345. The molecular formula is C8H10N6. The summed E-state index contributed by atoms with van der Waals surface area (Å²) in [6.07, 6.45) is 2.84. The van der Waals surface area contributed by atoms with E-state index in [0.29, 0.717) is 18.1 Å². The molecule has 14 heavy (non-hydrogen) atoms. The fraction of sp³-hybridized carbons (Fsp3) is 0.375. The molecule has 72 valence electrons. The van der Waals surface area contributed by atoms with Gasteiger partial charge in [0.15, 0.2) is 5.82 Å². The Hall–Kier alpha value is -1.69. The Bertz CT molecular complexity index is 488. The first-order valence-corrected chi connectivity index (χ1v) is 4.56. The number of nitrogens with one attached hydrogen (secondary N) is 1. The van der Waals surface area contributed by atoms with Gasteiger partial charge in [0.1, 0.15) is 5.82 Å². The van der Waals surface area contributed by atoms with Crippen LogP contribution in [0.2, 0.25) is 0 Å². The van der Waals surface area contributed by atoms with E-state index < -0.39 is 0 Å². The Kier molecular flexibility index (Phi) is 1.45. The number of hydrogen-bond donors (Lipinski definition) is 2. The Labute approximate surface area is 80.2 Å². The summed E-state index contributed by atoms with van der Waals surface area (Å²) in [7, 11) is 0. The Morgan fingerprint density at radius 3 is 3.36 bits per heavy atom. The smallest absolute Gasteiger partial charge is 0.254 e. The largest absolute Gasteiger partial charge is 0.369 e. The van der Waals surface area contributed by atoms with E-state index in [1.54, 1.807) is 4.52 Å². The van der Waals surface area contributed by atoms with Crippen molar-refractivity contribution in [2.24, 2.45) is 5.73 Å². The molecule has 3 heterocycles. The molecule has 3 N–H and O–H groups in total. The number of anilines is 1. The zero-order chi connectivity index (χ0) is 9.54. The monoisotopic (exact) mass is 190 g/mol. The summed E-state index contributed by atoms with van der Waals surface area (Å²) in [5, 5.41) is 7.52. The standard InChI is InChI=1S/C8H10N6/c9-3-6-12-8-11-4-5-1-2-10-7(5)14(8)13-6/h4,10H,1-3,9H2. The van der Waals surface area contributed by atoms with E-state index in [1.165, 1.54) is 5.56 Å². The molecule has 0 amide bonds. The molecule has 0 saturated carbocycles. The molecule has 0 radical (unpaired) electrons. The summed E-state index contributed by atoms with van der Waals surface area (Å²) in [5.41, 5.74) is 6.66. The molecule has 2 aromatic heterocycles. The van der Waals surface area contributed by atoms with Crippen LogP contribution in [-0.2, 0) is 13.0 Å². The molecule has 3 rings (SSSR count). The van der Waals surface area contributed by atoms with Crippen molar-refractivity contribution in [1.82, 2.24) is 19.6 Å².